The molecule has 1 saturated carbocycles. The van der Waals surface area contributed by atoms with Crippen molar-refractivity contribution in [1.29, 1.82) is 0 Å². The third-order valence-corrected chi connectivity index (χ3v) is 4.94. The van der Waals surface area contributed by atoms with Gasteiger partial charge in [-0.1, -0.05) is 13.8 Å². The van der Waals surface area contributed by atoms with Gasteiger partial charge in [-0.3, -0.25) is 4.98 Å². The van der Waals surface area contributed by atoms with Gasteiger partial charge in [-0.15, -0.1) is 0 Å². The molecular formula is C17H29N3O. The third kappa shape index (κ3) is 3.74. The molecule has 0 aromatic carbocycles. The molecule has 1 aromatic rings. The normalized spacial score (nSPS) is 21.9. The van der Waals surface area contributed by atoms with E-state index in [0.29, 0.717) is 12.0 Å². The summed E-state index contributed by atoms with van der Waals surface area (Å²) in [5.41, 5.74) is 14.5. The zero-order chi connectivity index (χ0) is 15.5. The van der Waals surface area contributed by atoms with Crippen molar-refractivity contribution in [1.82, 2.24) is 4.98 Å². The summed E-state index contributed by atoms with van der Waals surface area (Å²) in [5.74, 6) is 0. The van der Waals surface area contributed by atoms with Crippen LogP contribution in [0.2, 0.25) is 0 Å². The molecule has 1 heterocycles. The molecule has 4 heteroatoms. The molecule has 4 N–H and O–H groups in total. The highest BCUT2D eigenvalue weighted by Gasteiger charge is 2.43. The van der Waals surface area contributed by atoms with Crippen molar-refractivity contribution in [2.75, 3.05) is 12.3 Å². The SMILES string of the molecule is CCOC1(C(N)Cc2cnccc2N)CCC(C)(C)CC1. The van der Waals surface area contributed by atoms with Crippen molar-refractivity contribution in [2.45, 2.75) is 64.5 Å². The first-order valence-electron chi connectivity index (χ1n) is 7.96. The lowest BCUT2D eigenvalue weighted by Gasteiger charge is -2.46. The number of nitrogens with zero attached hydrogens (tertiary/aromatic N) is 1. The van der Waals surface area contributed by atoms with Gasteiger partial charge < -0.3 is 16.2 Å². The fraction of sp³-hybridized carbons (Fsp3) is 0.706. The van der Waals surface area contributed by atoms with Crippen LogP contribution >= 0.6 is 0 Å². The van der Waals surface area contributed by atoms with Gasteiger partial charge in [0, 0.05) is 30.7 Å². The van der Waals surface area contributed by atoms with Crippen molar-refractivity contribution in [3.63, 3.8) is 0 Å². The Morgan fingerprint density at radius 3 is 2.52 bits per heavy atom. The molecule has 1 unspecified atom stereocenters. The van der Waals surface area contributed by atoms with Gasteiger partial charge in [0.15, 0.2) is 0 Å². The Kier molecular flexibility index (Phi) is 4.89. The molecule has 1 atom stereocenters. The minimum absolute atomic E-state index is 0.0416. The van der Waals surface area contributed by atoms with Crippen LogP contribution in [0.5, 0.6) is 0 Å². The Hall–Kier alpha value is -1.13. The molecule has 1 fully saturated rings. The fourth-order valence-electron chi connectivity index (χ4n) is 3.29. The molecule has 21 heavy (non-hydrogen) atoms. The predicted octanol–water partition coefficient (Wildman–Crippen LogP) is 2.91. The highest BCUT2D eigenvalue weighted by molar-refractivity contribution is 5.44. The van der Waals surface area contributed by atoms with Gasteiger partial charge in [-0.05, 0) is 56.1 Å². The minimum atomic E-state index is -0.216. The number of nitrogen functional groups attached to an aromatic ring is 1. The Morgan fingerprint density at radius 1 is 1.29 bits per heavy atom. The number of anilines is 1. The van der Waals surface area contributed by atoms with E-state index in [1.807, 2.05) is 19.2 Å². The zero-order valence-corrected chi connectivity index (χ0v) is 13.6. The van der Waals surface area contributed by atoms with Crippen LogP contribution < -0.4 is 11.5 Å². The molecule has 0 saturated heterocycles. The van der Waals surface area contributed by atoms with E-state index in [1.54, 1.807) is 6.20 Å². The van der Waals surface area contributed by atoms with Crippen LogP contribution in [0.3, 0.4) is 0 Å². The van der Waals surface area contributed by atoms with Crippen LogP contribution in [0.4, 0.5) is 5.69 Å². The van der Waals surface area contributed by atoms with E-state index < -0.39 is 0 Å². The van der Waals surface area contributed by atoms with Crippen LogP contribution in [0.1, 0.15) is 52.0 Å². The van der Waals surface area contributed by atoms with E-state index in [9.17, 15) is 0 Å². The molecule has 118 valence electrons. The topological polar surface area (TPSA) is 74.2 Å². The summed E-state index contributed by atoms with van der Waals surface area (Å²) in [6.07, 6.45) is 8.62. The van der Waals surface area contributed by atoms with Crippen molar-refractivity contribution < 1.29 is 4.74 Å². The molecule has 0 amide bonds. The first-order valence-corrected chi connectivity index (χ1v) is 7.96. The summed E-state index contributed by atoms with van der Waals surface area (Å²) in [5, 5.41) is 0. The Labute approximate surface area is 128 Å². The maximum absolute atomic E-state index is 6.55. The standard InChI is InChI=1S/C17H29N3O/c1-4-21-17(8-6-16(2,3)7-9-17)15(19)11-13-12-20-10-5-14(13)18/h5,10,12,15H,4,6-9,11,19H2,1-3H3,(H2,18,20). The van der Waals surface area contributed by atoms with Gasteiger partial charge in [-0.2, -0.15) is 0 Å². The molecule has 2 rings (SSSR count). The molecule has 0 aliphatic heterocycles. The zero-order valence-electron chi connectivity index (χ0n) is 13.6. The maximum atomic E-state index is 6.55. The highest BCUT2D eigenvalue weighted by atomic mass is 16.5. The lowest BCUT2D eigenvalue weighted by molar-refractivity contribution is -0.0987. The van der Waals surface area contributed by atoms with Gasteiger partial charge in [0.25, 0.3) is 0 Å². The molecule has 1 aliphatic rings. The first kappa shape index (κ1) is 16.2. The summed E-state index contributed by atoms with van der Waals surface area (Å²) >= 11 is 0. The molecule has 0 bridgehead atoms. The molecule has 1 aromatic heterocycles. The number of nitrogens with two attached hydrogens (primary N) is 2. The van der Waals surface area contributed by atoms with Crippen LogP contribution in [0, 0.1) is 5.41 Å². The third-order valence-electron chi connectivity index (χ3n) is 4.94. The summed E-state index contributed by atoms with van der Waals surface area (Å²) in [7, 11) is 0. The Balaban J connectivity index is 2.13. The fourth-order valence-corrected chi connectivity index (χ4v) is 3.29. The van der Waals surface area contributed by atoms with Gasteiger partial charge in [0.05, 0.1) is 5.60 Å². The van der Waals surface area contributed by atoms with E-state index in [4.69, 9.17) is 16.2 Å². The lowest BCUT2D eigenvalue weighted by atomic mass is 9.68. The summed E-state index contributed by atoms with van der Waals surface area (Å²) in [6, 6.07) is 1.79. The van der Waals surface area contributed by atoms with Crippen LogP contribution in [-0.4, -0.2) is 23.2 Å². The number of hydrogen-bond acceptors (Lipinski definition) is 4. The van der Waals surface area contributed by atoms with Crippen molar-refractivity contribution in [3.05, 3.63) is 24.0 Å². The van der Waals surface area contributed by atoms with Crippen molar-refractivity contribution in [2.24, 2.45) is 11.1 Å². The maximum Gasteiger partial charge on any atom is 0.0836 e. The van der Waals surface area contributed by atoms with E-state index in [1.165, 1.54) is 0 Å². The van der Waals surface area contributed by atoms with Gasteiger partial charge in [-0.25, -0.2) is 0 Å². The van der Waals surface area contributed by atoms with Crippen molar-refractivity contribution in [3.8, 4) is 0 Å². The van der Waals surface area contributed by atoms with Gasteiger partial charge in [0.1, 0.15) is 0 Å². The Morgan fingerprint density at radius 2 is 1.95 bits per heavy atom. The molecule has 1 aliphatic carbocycles. The van der Waals surface area contributed by atoms with Crippen LogP contribution in [-0.2, 0) is 11.2 Å². The average Bonchev–Trinajstić information content (AvgIpc) is 2.44. The van der Waals surface area contributed by atoms with Crippen molar-refractivity contribution >= 4 is 5.69 Å². The van der Waals surface area contributed by atoms with E-state index in [-0.39, 0.29) is 11.6 Å². The predicted molar refractivity (Wildman–Crippen MR) is 86.9 cm³/mol. The summed E-state index contributed by atoms with van der Waals surface area (Å²) in [4.78, 5) is 4.16. The molecular weight excluding hydrogens is 262 g/mol. The van der Waals surface area contributed by atoms with E-state index >= 15 is 0 Å². The molecule has 0 spiro atoms. The number of rotatable bonds is 5. The highest BCUT2D eigenvalue weighted by Crippen LogP contribution is 2.43. The second-order valence-electron chi connectivity index (χ2n) is 7.05. The second-order valence-corrected chi connectivity index (χ2v) is 7.05. The largest absolute Gasteiger partial charge is 0.398 e. The average molecular weight is 291 g/mol. The second kappa shape index (κ2) is 6.32. The molecule has 0 radical (unpaired) electrons. The number of hydrogen-bond donors (Lipinski definition) is 2. The van der Waals surface area contributed by atoms with Crippen LogP contribution in [0.15, 0.2) is 18.5 Å². The lowest BCUT2D eigenvalue weighted by Crippen LogP contribution is -2.54. The quantitative estimate of drug-likeness (QED) is 0.874. The van der Waals surface area contributed by atoms with E-state index in [0.717, 1.165) is 43.4 Å². The first-order chi connectivity index (χ1) is 9.88. The monoisotopic (exact) mass is 291 g/mol. The summed E-state index contributed by atoms with van der Waals surface area (Å²) < 4.78 is 6.15. The van der Waals surface area contributed by atoms with Gasteiger partial charge in [0.2, 0.25) is 0 Å². The summed E-state index contributed by atoms with van der Waals surface area (Å²) in [6.45, 7) is 7.41. The van der Waals surface area contributed by atoms with E-state index in [2.05, 4.69) is 18.8 Å². The smallest absolute Gasteiger partial charge is 0.0836 e. The number of pyridine rings is 1. The Bertz CT molecular complexity index is 463. The number of ether oxygens (including phenoxy) is 1. The minimum Gasteiger partial charge on any atom is -0.398 e. The van der Waals surface area contributed by atoms with Crippen LogP contribution in [0.25, 0.3) is 0 Å². The van der Waals surface area contributed by atoms with Gasteiger partial charge >= 0.3 is 0 Å². The molecule has 4 nitrogen and oxygen atoms in total. The number of aromatic nitrogens is 1.